The highest BCUT2D eigenvalue weighted by Crippen LogP contribution is 2.38. The number of hydrogen-bond donors (Lipinski definition) is 0. The monoisotopic (exact) mass is 406 g/mol. The molecule has 2 aromatic heterocycles. The number of pyridine rings is 2. The van der Waals surface area contributed by atoms with Gasteiger partial charge in [0.2, 0.25) is 6.79 Å². The number of fused-ring (bicyclic) bond motifs is 6. The molecule has 9 heteroatoms. The fourth-order valence-corrected chi connectivity index (χ4v) is 3.87. The minimum absolute atomic E-state index is 0.0694. The topological polar surface area (TPSA) is 99.7 Å². The Labute approximate surface area is 170 Å². The lowest BCUT2D eigenvalue weighted by atomic mass is 10.0. The molecule has 0 bridgehead atoms. The summed E-state index contributed by atoms with van der Waals surface area (Å²) in [6.45, 7) is 1.25. The number of benzene rings is 2. The molecule has 2 aromatic carbocycles. The largest absolute Gasteiger partial charge is 0.454 e. The Balaban J connectivity index is 1.94. The normalized spacial score (nSPS) is 13.0. The second-order valence-corrected chi connectivity index (χ2v) is 7.49. The van der Waals surface area contributed by atoms with Gasteiger partial charge in [0.15, 0.2) is 11.5 Å². The summed E-state index contributed by atoms with van der Waals surface area (Å²) >= 11 is 0. The van der Waals surface area contributed by atoms with Crippen molar-refractivity contribution in [2.45, 2.75) is 6.54 Å². The van der Waals surface area contributed by atoms with Crippen molar-refractivity contribution in [3.63, 3.8) is 0 Å². The summed E-state index contributed by atoms with van der Waals surface area (Å²) in [5, 5.41) is 13.7. The molecule has 0 amide bonds. The van der Waals surface area contributed by atoms with Crippen molar-refractivity contribution in [1.29, 1.82) is 0 Å². The van der Waals surface area contributed by atoms with Crippen LogP contribution in [0.25, 0.3) is 32.6 Å². The predicted octanol–water partition coefficient (Wildman–Crippen LogP) is 2.90. The number of non-ortho nitro benzene ring substituents is 1. The minimum atomic E-state index is -0.463. The van der Waals surface area contributed by atoms with Gasteiger partial charge in [-0.25, -0.2) is 0 Å². The van der Waals surface area contributed by atoms with Gasteiger partial charge in [0.05, 0.1) is 16.0 Å². The van der Waals surface area contributed by atoms with Gasteiger partial charge in [0.25, 0.3) is 11.2 Å². The lowest BCUT2D eigenvalue weighted by molar-refractivity contribution is -0.384. The molecule has 0 N–H and O–H groups in total. The Bertz CT molecular complexity index is 1410. The summed E-state index contributed by atoms with van der Waals surface area (Å²) in [6, 6.07) is 7.93. The van der Waals surface area contributed by atoms with E-state index in [2.05, 4.69) is 4.98 Å². The van der Waals surface area contributed by atoms with Gasteiger partial charge in [-0.05, 0) is 26.2 Å². The molecule has 5 rings (SSSR count). The average Bonchev–Trinajstić information content (AvgIpc) is 3.18. The molecule has 0 unspecified atom stereocenters. The Morgan fingerprint density at radius 2 is 1.87 bits per heavy atom. The SMILES string of the molecule is CN(C)CCn1c(=O)c2ccc([N+](=O)[O-])cc2c2cnc3cc4c(cc3c21)OCO4. The maximum Gasteiger partial charge on any atom is 0.270 e. The van der Waals surface area contributed by atoms with Gasteiger partial charge in [-0.15, -0.1) is 0 Å². The molecule has 0 spiro atoms. The van der Waals surface area contributed by atoms with E-state index < -0.39 is 4.92 Å². The summed E-state index contributed by atoms with van der Waals surface area (Å²) in [4.78, 5) is 30.8. The summed E-state index contributed by atoms with van der Waals surface area (Å²) in [5.74, 6) is 1.19. The average molecular weight is 406 g/mol. The highest BCUT2D eigenvalue weighted by molar-refractivity contribution is 6.14. The quantitative estimate of drug-likeness (QED) is 0.292. The predicted molar refractivity (Wildman–Crippen MR) is 112 cm³/mol. The first-order valence-electron chi connectivity index (χ1n) is 9.42. The first kappa shape index (κ1) is 18.3. The molecule has 0 radical (unpaired) electrons. The molecule has 0 aliphatic carbocycles. The van der Waals surface area contributed by atoms with Crippen LogP contribution in [-0.4, -0.2) is 46.8 Å². The van der Waals surface area contributed by atoms with Crippen molar-refractivity contribution in [2.24, 2.45) is 0 Å². The van der Waals surface area contributed by atoms with Crippen LogP contribution < -0.4 is 15.0 Å². The molecule has 1 aliphatic heterocycles. The van der Waals surface area contributed by atoms with Crippen molar-refractivity contribution in [3.8, 4) is 11.5 Å². The number of likely N-dealkylation sites (N-methyl/N-ethyl adjacent to an activating group) is 1. The number of nitro groups is 1. The van der Waals surface area contributed by atoms with Crippen LogP contribution in [0.1, 0.15) is 0 Å². The van der Waals surface area contributed by atoms with E-state index in [1.165, 1.54) is 18.2 Å². The maximum atomic E-state index is 13.4. The summed E-state index contributed by atoms with van der Waals surface area (Å²) in [6.07, 6.45) is 1.66. The first-order chi connectivity index (χ1) is 14.4. The van der Waals surface area contributed by atoms with Gasteiger partial charge in [-0.1, -0.05) is 0 Å². The van der Waals surface area contributed by atoms with E-state index in [1.54, 1.807) is 16.8 Å². The molecule has 0 fully saturated rings. The van der Waals surface area contributed by atoms with E-state index in [0.29, 0.717) is 51.8 Å². The van der Waals surface area contributed by atoms with Crippen molar-refractivity contribution < 1.29 is 14.4 Å². The Morgan fingerprint density at radius 1 is 1.10 bits per heavy atom. The highest BCUT2D eigenvalue weighted by atomic mass is 16.7. The Hall–Kier alpha value is -3.72. The minimum Gasteiger partial charge on any atom is -0.454 e. The molecule has 0 saturated carbocycles. The second-order valence-electron chi connectivity index (χ2n) is 7.49. The van der Waals surface area contributed by atoms with Crippen molar-refractivity contribution in [2.75, 3.05) is 27.4 Å². The van der Waals surface area contributed by atoms with Gasteiger partial charge >= 0.3 is 0 Å². The van der Waals surface area contributed by atoms with Crippen molar-refractivity contribution in [1.82, 2.24) is 14.5 Å². The third-order valence-corrected chi connectivity index (χ3v) is 5.35. The second kappa shape index (κ2) is 6.67. The Morgan fingerprint density at radius 3 is 2.60 bits per heavy atom. The standard InChI is InChI=1S/C21H18N4O5/c1-23(2)5-6-24-20-15-8-18-19(30-11-29-18)9-17(15)22-10-16(20)14-7-12(25(27)28)3-4-13(14)21(24)26/h3-4,7-10H,5-6,11H2,1-2H3. The molecule has 4 aromatic rings. The van der Waals surface area contributed by atoms with Crippen LogP contribution in [0.4, 0.5) is 5.69 Å². The van der Waals surface area contributed by atoms with Crippen LogP contribution in [0.2, 0.25) is 0 Å². The fourth-order valence-electron chi connectivity index (χ4n) is 3.87. The van der Waals surface area contributed by atoms with Gasteiger partial charge in [0.1, 0.15) is 0 Å². The molecule has 0 atom stereocenters. The number of hydrogen-bond acceptors (Lipinski definition) is 7. The molecular formula is C21H18N4O5. The van der Waals surface area contributed by atoms with Gasteiger partial charge < -0.3 is 18.9 Å². The van der Waals surface area contributed by atoms with E-state index >= 15 is 0 Å². The van der Waals surface area contributed by atoms with E-state index in [4.69, 9.17) is 9.47 Å². The van der Waals surface area contributed by atoms with Crippen LogP contribution in [0.15, 0.2) is 41.3 Å². The number of nitrogens with zero attached hydrogens (tertiary/aromatic N) is 4. The van der Waals surface area contributed by atoms with E-state index in [9.17, 15) is 14.9 Å². The van der Waals surface area contributed by atoms with E-state index in [1.807, 2.05) is 25.1 Å². The van der Waals surface area contributed by atoms with E-state index in [0.717, 1.165) is 5.39 Å². The first-order valence-corrected chi connectivity index (χ1v) is 9.42. The molecule has 1 aliphatic rings. The van der Waals surface area contributed by atoms with Gasteiger partial charge in [-0.2, -0.15) is 0 Å². The zero-order chi connectivity index (χ0) is 21.0. The van der Waals surface area contributed by atoms with Crippen LogP contribution in [0, 0.1) is 10.1 Å². The molecule has 0 saturated heterocycles. The van der Waals surface area contributed by atoms with Crippen LogP contribution >= 0.6 is 0 Å². The zero-order valence-electron chi connectivity index (χ0n) is 16.4. The Kier molecular flexibility index (Phi) is 4.07. The number of ether oxygens (including phenoxy) is 2. The van der Waals surface area contributed by atoms with Gasteiger partial charge in [-0.3, -0.25) is 19.9 Å². The summed E-state index contributed by atoms with van der Waals surface area (Å²) in [7, 11) is 3.88. The summed E-state index contributed by atoms with van der Waals surface area (Å²) < 4.78 is 12.7. The van der Waals surface area contributed by atoms with Crippen LogP contribution in [0.5, 0.6) is 11.5 Å². The highest BCUT2D eigenvalue weighted by Gasteiger charge is 2.20. The van der Waals surface area contributed by atoms with Crippen molar-refractivity contribution in [3.05, 3.63) is 57.0 Å². The maximum absolute atomic E-state index is 13.4. The summed E-state index contributed by atoms with van der Waals surface area (Å²) in [5.41, 5.74) is 1.08. The molecule has 9 nitrogen and oxygen atoms in total. The smallest absolute Gasteiger partial charge is 0.270 e. The zero-order valence-corrected chi connectivity index (χ0v) is 16.4. The lowest BCUT2D eigenvalue weighted by Gasteiger charge is -2.17. The van der Waals surface area contributed by atoms with Crippen LogP contribution in [-0.2, 0) is 6.54 Å². The number of aromatic nitrogens is 2. The molecule has 30 heavy (non-hydrogen) atoms. The number of rotatable bonds is 4. The fraction of sp³-hybridized carbons (Fsp3) is 0.238. The lowest BCUT2D eigenvalue weighted by Crippen LogP contribution is -2.27. The third-order valence-electron chi connectivity index (χ3n) is 5.35. The third kappa shape index (κ3) is 2.74. The van der Waals surface area contributed by atoms with E-state index in [-0.39, 0.29) is 18.0 Å². The van der Waals surface area contributed by atoms with Crippen molar-refractivity contribution >= 4 is 38.3 Å². The van der Waals surface area contributed by atoms with Gasteiger partial charge in [0, 0.05) is 59.0 Å². The number of nitro benzene ring substituents is 1. The molecular weight excluding hydrogens is 388 g/mol. The molecule has 152 valence electrons. The molecule has 3 heterocycles. The van der Waals surface area contributed by atoms with Crippen LogP contribution in [0.3, 0.4) is 0 Å².